The van der Waals surface area contributed by atoms with Crippen LogP contribution < -0.4 is 10.6 Å². The average molecular weight is 409 g/mol. The van der Waals surface area contributed by atoms with Crippen LogP contribution in [-0.4, -0.2) is 21.7 Å². The van der Waals surface area contributed by atoms with Crippen molar-refractivity contribution in [3.8, 4) is 0 Å². The van der Waals surface area contributed by atoms with Crippen LogP contribution >= 0.6 is 11.6 Å². The molecule has 2 atom stereocenters. The van der Waals surface area contributed by atoms with Crippen molar-refractivity contribution >= 4 is 23.2 Å². The molecule has 150 valence electrons. The molecule has 0 bridgehead atoms. The highest BCUT2D eigenvalue weighted by Gasteiger charge is 2.33. The second-order valence-electron chi connectivity index (χ2n) is 7.72. The number of nitrogens with zero attached hydrogens (tertiary/aromatic N) is 3. The van der Waals surface area contributed by atoms with Gasteiger partial charge in [-0.25, -0.2) is 4.68 Å². The molecule has 2 aromatic carbocycles. The van der Waals surface area contributed by atoms with Crippen LogP contribution in [0.2, 0.25) is 5.15 Å². The number of halogens is 1. The number of fused-ring (bicyclic) bond motifs is 1. The second kappa shape index (κ2) is 7.91. The number of hydrogen-bond donors (Lipinski definition) is 1. The quantitative estimate of drug-likeness (QED) is 0.686. The number of rotatable bonds is 5. The van der Waals surface area contributed by atoms with Gasteiger partial charge in [0, 0.05) is 23.8 Å². The number of carbonyl (C=O) groups is 1. The van der Waals surface area contributed by atoms with Gasteiger partial charge in [0.25, 0.3) is 0 Å². The lowest BCUT2D eigenvalue weighted by Gasteiger charge is -2.40. The van der Waals surface area contributed by atoms with Gasteiger partial charge in [-0.3, -0.25) is 4.79 Å². The Hall–Kier alpha value is -2.79. The second-order valence-corrected chi connectivity index (χ2v) is 8.08. The van der Waals surface area contributed by atoms with Gasteiger partial charge in [-0.2, -0.15) is 5.10 Å². The Kier molecular flexibility index (Phi) is 5.33. The van der Waals surface area contributed by atoms with Crippen LogP contribution in [-0.2, 0) is 17.9 Å². The van der Waals surface area contributed by atoms with Gasteiger partial charge >= 0.3 is 0 Å². The highest BCUT2D eigenvalue weighted by atomic mass is 35.5. The van der Waals surface area contributed by atoms with Crippen LogP contribution in [0.15, 0.2) is 54.6 Å². The molecule has 1 aromatic heterocycles. The van der Waals surface area contributed by atoms with E-state index in [2.05, 4.69) is 35.1 Å². The van der Waals surface area contributed by atoms with Crippen LogP contribution in [0.25, 0.3) is 0 Å². The van der Waals surface area contributed by atoms with E-state index in [-0.39, 0.29) is 17.9 Å². The van der Waals surface area contributed by atoms with E-state index in [1.807, 2.05) is 48.0 Å². The number of nitrogens with two attached hydrogens (primary N) is 1. The van der Waals surface area contributed by atoms with Crippen LogP contribution in [0.1, 0.15) is 41.6 Å². The van der Waals surface area contributed by atoms with Crippen molar-refractivity contribution in [2.24, 2.45) is 5.73 Å². The molecule has 0 fully saturated rings. The molecule has 3 aromatic rings. The first-order valence-corrected chi connectivity index (χ1v) is 10.2. The van der Waals surface area contributed by atoms with E-state index in [1.54, 1.807) is 0 Å². The molecule has 0 saturated heterocycles. The summed E-state index contributed by atoms with van der Waals surface area (Å²) in [6, 6.07) is 18.3. The zero-order valence-electron chi connectivity index (χ0n) is 16.7. The minimum atomic E-state index is -0.270. The standard InChI is InChI=1S/C23H25ClN4O/c1-15-12-19(23(25)29)18-10-6-7-11-21(18)27(15)14-20-16(2)26-28(22(20)24)13-17-8-4-3-5-9-17/h3-11,15,19H,12-14H2,1-2H3,(H2,25,29). The summed E-state index contributed by atoms with van der Waals surface area (Å²) in [4.78, 5) is 14.3. The number of aryl methyl sites for hydroxylation is 1. The number of primary amides is 1. The molecule has 0 spiro atoms. The maximum Gasteiger partial charge on any atom is 0.225 e. The third-order valence-electron chi connectivity index (χ3n) is 5.76. The van der Waals surface area contributed by atoms with Gasteiger partial charge < -0.3 is 10.6 Å². The minimum Gasteiger partial charge on any atom is -0.369 e. The first-order valence-electron chi connectivity index (χ1n) is 9.86. The van der Waals surface area contributed by atoms with Crippen LogP contribution in [0.5, 0.6) is 0 Å². The van der Waals surface area contributed by atoms with E-state index in [0.717, 1.165) is 28.1 Å². The summed E-state index contributed by atoms with van der Waals surface area (Å²) in [7, 11) is 0. The first-order chi connectivity index (χ1) is 14.0. The van der Waals surface area contributed by atoms with Gasteiger partial charge in [0.1, 0.15) is 5.15 Å². The van der Waals surface area contributed by atoms with Gasteiger partial charge in [0.15, 0.2) is 0 Å². The molecule has 2 N–H and O–H groups in total. The lowest BCUT2D eigenvalue weighted by atomic mass is 9.85. The summed E-state index contributed by atoms with van der Waals surface area (Å²) in [6.45, 7) is 5.40. The summed E-state index contributed by atoms with van der Waals surface area (Å²) in [5.41, 5.74) is 10.8. The Morgan fingerprint density at radius 2 is 1.83 bits per heavy atom. The molecule has 0 radical (unpaired) electrons. The molecular formula is C23H25ClN4O. The fourth-order valence-electron chi connectivity index (χ4n) is 4.19. The fraction of sp³-hybridized carbons (Fsp3) is 0.304. The molecular weight excluding hydrogens is 384 g/mol. The maximum atomic E-state index is 12.0. The summed E-state index contributed by atoms with van der Waals surface area (Å²) >= 11 is 6.75. The number of benzene rings is 2. The topological polar surface area (TPSA) is 64.2 Å². The van der Waals surface area contributed by atoms with Gasteiger partial charge in [0.05, 0.1) is 18.2 Å². The van der Waals surface area contributed by atoms with Crippen molar-refractivity contribution < 1.29 is 4.79 Å². The number of aromatic nitrogens is 2. The molecule has 5 nitrogen and oxygen atoms in total. The van der Waals surface area contributed by atoms with E-state index in [9.17, 15) is 4.79 Å². The van der Waals surface area contributed by atoms with Crippen molar-refractivity contribution in [1.29, 1.82) is 0 Å². The van der Waals surface area contributed by atoms with Gasteiger partial charge in [-0.05, 0) is 37.5 Å². The SMILES string of the molecule is Cc1nn(Cc2ccccc2)c(Cl)c1CN1c2ccccc2C(C(N)=O)CC1C. The highest BCUT2D eigenvalue weighted by molar-refractivity contribution is 6.30. The Morgan fingerprint density at radius 1 is 1.14 bits per heavy atom. The number of carbonyl (C=O) groups excluding carboxylic acids is 1. The van der Waals surface area contributed by atoms with Gasteiger partial charge in [0.2, 0.25) is 5.91 Å². The van der Waals surface area contributed by atoms with Gasteiger partial charge in [-0.15, -0.1) is 0 Å². The number of anilines is 1. The van der Waals surface area contributed by atoms with Crippen LogP contribution in [0.3, 0.4) is 0 Å². The maximum absolute atomic E-state index is 12.0. The third kappa shape index (κ3) is 3.75. The van der Waals surface area contributed by atoms with Crippen LogP contribution in [0, 0.1) is 6.92 Å². The molecule has 2 unspecified atom stereocenters. The molecule has 2 heterocycles. The lowest BCUT2D eigenvalue weighted by molar-refractivity contribution is -0.119. The van der Waals surface area contributed by atoms with Crippen molar-refractivity contribution in [1.82, 2.24) is 9.78 Å². The highest BCUT2D eigenvalue weighted by Crippen LogP contribution is 2.39. The van der Waals surface area contributed by atoms with E-state index in [1.165, 1.54) is 0 Å². The van der Waals surface area contributed by atoms with E-state index in [4.69, 9.17) is 17.3 Å². The Bertz CT molecular complexity index is 1030. The Morgan fingerprint density at radius 3 is 2.55 bits per heavy atom. The van der Waals surface area contributed by atoms with Crippen molar-refractivity contribution in [2.75, 3.05) is 4.90 Å². The Labute approximate surface area is 176 Å². The molecule has 1 aliphatic rings. The fourth-order valence-corrected chi connectivity index (χ4v) is 4.48. The summed E-state index contributed by atoms with van der Waals surface area (Å²) in [5.74, 6) is -0.524. The van der Waals surface area contributed by atoms with Crippen molar-refractivity contribution in [2.45, 2.75) is 45.3 Å². The monoisotopic (exact) mass is 408 g/mol. The zero-order chi connectivity index (χ0) is 20.5. The Balaban J connectivity index is 1.65. The van der Waals surface area contributed by atoms with Crippen molar-refractivity contribution in [3.05, 3.63) is 82.1 Å². The molecule has 1 amide bonds. The molecule has 1 aliphatic heterocycles. The largest absolute Gasteiger partial charge is 0.369 e. The minimum absolute atomic E-state index is 0.162. The molecule has 0 aliphatic carbocycles. The van der Waals surface area contributed by atoms with E-state index >= 15 is 0 Å². The number of para-hydroxylation sites is 1. The number of amides is 1. The summed E-state index contributed by atoms with van der Waals surface area (Å²) in [5, 5.41) is 5.34. The molecule has 0 saturated carbocycles. The predicted molar refractivity (Wildman–Crippen MR) is 116 cm³/mol. The normalized spacial score (nSPS) is 18.5. The lowest BCUT2D eigenvalue weighted by Crippen LogP contribution is -2.41. The van der Waals surface area contributed by atoms with Crippen molar-refractivity contribution in [3.63, 3.8) is 0 Å². The number of hydrogen-bond acceptors (Lipinski definition) is 3. The molecule has 29 heavy (non-hydrogen) atoms. The zero-order valence-corrected chi connectivity index (χ0v) is 17.4. The first kappa shape index (κ1) is 19.5. The molecule has 4 rings (SSSR count). The summed E-state index contributed by atoms with van der Waals surface area (Å²) < 4.78 is 1.86. The smallest absolute Gasteiger partial charge is 0.225 e. The molecule has 6 heteroatoms. The van der Waals surface area contributed by atoms with E-state index < -0.39 is 0 Å². The van der Waals surface area contributed by atoms with E-state index in [0.29, 0.717) is 24.7 Å². The van der Waals surface area contributed by atoms with Gasteiger partial charge in [-0.1, -0.05) is 60.1 Å². The predicted octanol–water partition coefficient (Wildman–Crippen LogP) is 4.26. The van der Waals surface area contributed by atoms with Crippen LogP contribution in [0.4, 0.5) is 5.69 Å². The summed E-state index contributed by atoms with van der Waals surface area (Å²) in [6.07, 6.45) is 0.696. The third-order valence-corrected chi connectivity index (χ3v) is 6.18. The average Bonchev–Trinajstić information content (AvgIpc) is 2.97.